The lowest BCUT2D eigenvalue weighted by molar-refractivity contribution is 0.0241. The molecule has 0 spiro atoms. The minimum Gasteiger partial charge on any atom is -0.497 e. The molecule has 4 rings (SSSR count). The van der Waals surface area contributed by atoms with Crippen LogP contribution in [-0.4, -0.2) is 46.8 Å². The predicted octanol–water partition coefficient (Wildman–Crippen LogP) is 4.00. The summed E-state index contributed by atoms with van der Waals surface area (Å²) in [6.45, 7) is 8.54. The van der Waals surface area contributed by atoms with E-state index in [9.17, 15) is 4.79 Å². The molecule has 2 aromatic rings. The Balaban J connectivity index is 1.68. The highest BCUT2D eigenvalue weighted by molar-refractivity contribution is 5.71. The zero-order chi connectivity index (χ0) is 20.6. The summed E-state index contributed by atoms with van der Waals surface area (Å²) in [6, 6.07) is 7.76. The standard InChI is InChI=1S/C22H28N4O3/c1-22(2,3)29-21(27)26-13-17-18(14-26)23-19(15-7-9-16(28-4)10-8-15)24-20(17)25-11-5-6-12-25/h7-10H,5-6,11-14H2,1-4H3. The fourth-order valence-electron chi connectivity index (χ4n) is 3.75. The molecule has 2 aliphatic rings. The third-order valence-corrected chi connectivity index (χ3v) is 5.17. The van der Waals surface area contributed by atoms with Crippen molar-refractivity contribution in [3.63, 3.8) is 0 Å². The molecule has 1 aromatic heterocycles. The molecule has 1 aromatic carbocycles. The molecule has 7 nitrogen and oxygen atoms in total. The third-order valence-electron chi connectivity index (χ3n) is 5.17. The molecular formula is C22H28N4O3. The van der Waals surface area contributed by atoms with Crippen molar-refractivity contribution >= 4 is 11.9 Å². The highest BCUT2D eigenvalue weighted by Gasteiger charge is 2.33. The number of hydrogen-bond acceptors (Lipinski definition) is 6. The second-order valence-corrected chi connectivity index (χ2v) is 8.56. The first-order valence-electron chi connectivity index (χ1n) is 10.1. The number of aromatic nitrogens is 2. The number of anilines is 1. The van der Waals surface area contributed by atoms with Gasteiger partial charge in [-0.15, -0.1) is 0 Å². The van der Waals surface area contributed by atoms with Crippen LogP contribution in [-0.2, 0) is 17.8 Å². The molecule has 29 heavy (non-hydrogen) atoms. The lowest BCUT2D eigenvalue weighted by Crippen LogP contribution is -2.33. The lowest BCUT2D eigenvalue weighted by atomic mass is 10.1. The average Bonchev–Trinajstić information content (AvgIpc) is 3.35. The second kappa shape index (κ2) is 7.54. The Kier molecular flexibility index (Phi) is 5.06. The van der Waals surface area contributed by atoms with E-state index in [0.717, 1.165) is 54.3 Å². The van der Waals surface area contributed by atoms with E-state index in [1.807, 2.05) is 45.0 Å². The van der Waals surface area contributed by atoms with Crippen LogP contribution in [0.15, 0.2) is 24.3 Å². The Bertz CT molecular complexity index is 900. The van der Waals surface area contributed by atoms with Gasteiger partial charge in [-0.05, 0) is 57.9 Å². The van der Waals surface area contributed by atoms with Gasteiger partial charge in [0.1, 0.15) is 17.2 Å². The Hall–Kier alpha value is -2.83. The van der Waals surface area contributed by atoms with Crippen LogP contribution in [0.5, 0.6) is 5.75 Å². The van der Waals surface area contributed by atoms with Gasteiger partial charge in [0.25, 0.3) is 0 Å². The summed E-state index contributed by atoms with van der Waals surface area (Å²) in [5.41, 5.74) is 2.35. The summed E-state index contributed by atoms with van der Waals surface area (Å²) in [7, 11) is 1.65. The van der Waals surface area contributed by atoms with E-state index in [1.54, 1.807) is 12.0 Å². The number of carbonyl (C=O) groups excluding carboxylic acids is 1. The molecule has 7 heteroatoms. The molecule has 1 fully saturated rings. The Morgan fingerprint density at radius 1 is 1.03 bits per heavy atom. The monoisotopic (exact) mass is 396 g/mol. The molecule has 1 saturated heterocycles. The Labute approximate surface area is 171 Å². The summed E-state index contributed by atoms with van der Waals surface area (Å²) in [6.07, 6.45) is 2.01. The van der Waals surface area contributed by atoms with Crippen LogP contribution in [0.3, 0.4) is 0 Å². The zero-order valence-electron chi connectivity index (χ0n) is 17.6. The number of nitrogens with zero attached hydrogens (tertiary/aromatic N) is 4. The first-order valence-corrected chi connectivity index (χ1v) is 10.1. The van der Waals surface area contributed by atoms with Gasteiger partial charge in [0.2, 0.25) is 0 Å². The van der Waals surface area contributed by atoms with Gasteiger partial charge >= 0.3 is 6.09 Å². The third kappa shape index (κ3) is 4.13. The van der Waals surface area contributed by atoms with Crippen LogP contribution in [0.25, 0.3) is 11.4 Å². The maximum atomic E-state index is 12.6. The first kappa shape index (κ1) is 19.5. The molecule has 1 amide bonds. The molecule has 0 N–H and O–H groups in total. The van der Waals surface area contributed by atoms with Gasteiger partial charge in [-0.3, -0.25) is 4.90 Å². The van der Waals surface area contributed by atoms with E-state index in [0.29, 0.717) is 18.9 Å². The van der Waals surface area contributed by atoms with E-state index in [2.05, 4.69) is 4.90 Å². The molecule has 154 valence electrons. The molecule has 0 bridgehead atoms. The van der Waals surface area contributed by atoms with Crippen molar-refractivity contribution in [3.8, 4) is 17.1 Å². The van der Waals surface area contributed by atoms with Crippen LogP contribution < -0.4 is 9.64 Å². The van der Waals surface area contributed by atoms with Crippen LogP contribution in [0, 0.1) is 0 Å². The normalized spacial score (nSPS) is 16.1. The fraction of sp³-hybridized carbons (Fsp3) is 0.500. The number of fused-ring (bicyclic) bond motifs is 1. The summed E-state index contributed by atoms with van der Waals surface area (Å²) >= 11 is 0. The van der Waals surface area contributed by atoms with E-state index < -0.39 is 5.60 Å². The van der Waals surface area contributed by atoms with Crippen LogP contribution in [0.2, 0.25) is 0 Å². The van der Waals surface area contributed by atoms with E-state index in [4.69, 9.17) is 19.4 Å². The van der Waals surface area contributed by atoms with Gasteiger partial charge < -0.3 is 14.4 Å². The average molecular weight is 396 g/mol. The SMILES string of the molecule is COc1ccc(-c2nc3c(c(N4CCCC4)n2)CN(C(=O)OC(C)(C)C)C3)cc1. The van der Waals surface area contributed by atoms with Gasteiger partial charge in [-0.25, -0.2) is 14.8 Å². The topological polar surface area (TPSA) is 67.8 Å². The molecule has 0 saturated carbocycles. The van der Waals surface area contributed by atoms with Crippen LogP contribution >= 0.6 is 0 Å². The van der Waals surface area contributed by atoms with Crippen molar-refractivity contribution in [1.29, 1.82) is 0 Å². The number of ether oxygens (including phenoxy) is 2. The Morgan fingerprint density at radius 2 is 1.72 bits per heavy atom. The number of benzene rings is 1. The van der Waals surface area contributed by atoms with Crippen molar-refractivity contribution in [2.45, 2.75) is 52.3 Å². The smallest absolute Gasteiger partial charge is 0.410 e. The van der Waals surface area contributed by atoms with Crippen molar-refractivity contribution in [2.24, 2.45) is 0 Å². The summed E-state index contributed by atoms with van der Waals surface area (Å²) in [5, 5.41) is 0. The number of carbonyl (C=O) groups is 1. The van der Waals surface area contributed by atoms with Gasteiger partial charge in [0, 0.05) is 24.2 Å². The van der Waals surface area contributed by atoms with Crippen molar-refractivity contribution < 1.29 is 14.3 Å². The molecule has 0 aliphatic carbocycles. The maximum absolute atomic E-state index is 12.6. The van der Waals surface area contributed by atoms with E-state index in [1.165, 1.54) is 0 Å². The molecule has 3 heterocycles. The van der Waals surface area contributed by atoms with Crippen molar-refractivity contribution in [1.82, 2.24) is 14.9 Å². The Morgan fingerprint density at radius 3 is 2.34 bits per heavy atom. The molecular weight excluding hydrogens is 368 g/mol. The minimum absolute atomic E-state index is 0.311. The number of hydrogen-bond donors (Lipinski definition) is 0. The van der Waals surface area contributed by atoms with E-state index >= 15 is 0 Å². The summed E-state index contributed by atoms with van der Waals surface area (Å²) < 4.78 is 10.8. The first-order chi connectivity index (χ1) is 13.8. The predicted molar refractivity (Wildman–Crippen MR) is 111 cm³/mol. The molecule has 0 atom stereocenters. The van der Waals surface area contributed by atoms with Crippen molar-refractivity contribution in [3.05, 3.63) is 35.5 Å². The summed E-state index contributed by atoms with van der Waals surface area (Å²) in [5.74, 6) is 2.43. The second-order valence-electron chi connectivity index (χ2n) is 8.56. The lowest BCUT2D eigenvalue weighted by Gasteiger charge is -2.24. The van der Waals surface area contributed by atoms with Gasteiger partial charge in [-0.2, -0.15) is 0 Å². The van der Waals surface area contributed by atoms with E-state index in [-0.39, 0.29) is 6.09 Å². The minimum atomic E-state index is -0.524. The largest absolute Gasteiger partial charge is 0.497 e. The number of rotatable bonds is 3. The molecule has 0 radical (unpaired) electrons. The van der Waals surface area contributed by atoms with Gasteiger partial charge in [-0.1, -0.05) is 0 Å². The highest BCUT2D eigenvalue weighted by atomic mass is 16.6. The zero-order valence-corrected chi connectivity index (χ0v) is 17.6. The van der Waals surface area contributed by atoms with Crippen LogP contribution in [0.4, 0.5) is 10.6 Å². The fourth-order valence-corrected chi connectivity index (χ4v) is 3.75. The highest BCUT2D eigenvalue weighted by Crippen LogP contribution is 2.34. The summed E-state index contributed by atoms with van der Waals surface area (Å²) in [4.78, 5) is 26.4. The van der Waals surface area contributed by atoms with Gasteiger partial charge in [0.15, 0.2) is 5.82 Å². The molecule has 0 unspecified atom stereocenters. The molecule has 2 aliphatic heterocycles. The maximum Gasteiger partial charge on any atom is 0.410 e. The van der Waals surface area contributed by atoms with Crippen LogP contribution in [0.1, 0.15) is 44.9 Å². The van der Waals surface area contributed by atoms with Gasteiger partial charge in [0.05, 0.1) is 25.9 Å². The van der Waals surface area contributed by atoms with Crippen molar-refractivity contribution in [2.75, 3.05) is 25.1 Å². The quantitative estimate of drug-likeness (QED) is 0.781. The number of methoxy groups -OCH3 is 1. The number of amides is 1.